The topological polar surface area (TPSA) is 75.9 Å². The summed E-state index contributed by atoms with van der Waals surface area (Å²) in [6.45, 7) is 7.59. The fourth-order valence-electron chi connectivity index (χ4n) is 3.00. The summed E-state index contributed by atoms with van der Waals surface area (Å²) in [7, 11) is 1.84. The van der Waals surface area contributed by atoms with Crippen molar-refractivity contribution in [3.05, 3.63) is 34.9 Å². The summed E-state index contributed by atoms with van der Waals surface area (Å²) in [4.78, 5) is 23.5. The molecule has 1 fully saturated rings. The van der Waals surface area contributed by atoms with Crippen LogP contribution >= 0.6 is 0 Å². The minimum atomic E-state index is -0.0974. The van der Waals surface area contributed by atoms with Crippen LogP contribution < -0.4 is 10.2 Å². The molecule has 0 bridgehead atoms. The van der Waals surface area contributed by atoms with Gasteiger partial charge in [0.2, 0.25) is 5.95 Å². The summed E-state index contributed by atoms with van der Waals surface area (Å²) in [6.07, 6.45) is 1.77. The van der Waals surface area contributed by atoms with Crippen molar-refractivity contribution in [1.82, 2.24) is 25.1 Å². The molecule has 0 unspecified atom stereocenters. The molecule has 1 amide bonds. The van der Waals surface area contributed by atoms with Crippen molar-refractivity contribution in [2.24, 2.45) is 7.05 Å². The third kappa shape index (κ3) is 3.55. The molecule has 2 aromatic heterocycles. The highest BCUT2D eigenvalue weighted by atomic mass is 16.2. The van der Waals surface area contributed by atoms with Gasteiger partial charge in [-0.15, -0.1) is 0 Å². The molecule has 0 spiro atoms. The second-order valence-electron chi connectivity index (χ2n) is 6.48. The van der Waals surface area contributed by atoms with Gasteiger partial charge in [-0.3, -0.25) is 9.48 Å². The summed E-state index contributed by atoms with van der Waals surface area (Å²) in [5.74, 6) is 0.692. The number of amides is 1. The molecule has 7 heteroatoms. The molecule has 0 aromatic carbocycles. The largest absolute Gasteiger partial charge is 0.348 e. The van der Waals surface area contributed by atoms with E-state index in [9.17, 15) is 4.79 Å². The minimum Gasteiger partial charge on any atom is -0.348 e. The maximum absolute atomic E-state index is 12.3. The number of hydrogen-bond donors (Lipinski definition) is 1. The number of anilines is 1. The Hall–Kier alpha value is -2.44. The zero-order chi connectivity index (χ0) is 17.3. The first-order valence-electron chi connectivity index (χ1n) is 8.31. The number of aromatic nitrogens is 4. The highest BCUT2D eigenvalue weighted by Gasteiger charge is 2.23. The molecule has 128 valence electrons. The molecule has 7 nitrogen and oxygen atoms in total. The Morgan fingerprint density at radius 3 is 2.29 bits per heavy atom. The van der Waals surface area contributed by atoms with Crippen LogP contribution in [0.15, 0.2) is 12.1 Å². The number of carbonyl (C=O) groups is 1. The fourth-order valence-corrected chi connectivity index (χ4v) is 3.00. The van der Waals surface area contributed by atoms with E-state index >= 15 is 0 Å². The number of aryl methyl sites for hydroxylation is 4. The van der Waals surface area contributed by atoms with E-state index in [0.29, 0.717) is 5.69 Å². The van der Waals surface area contributed by atoms with Crippen LogP contribution in [0.5, 0.6) is 0 Å². The predicted molar refractivity (Wildman–Crippen MR) is 92.2 cm³/mol. The lowest BCUT2D eigenvalue weighted by Gasteiger charge is -2.32. The van der Waals surface area contributed by atoms with Gasteiger partial charge in [-0.05, 0) is 45.7 Å². The molecule has 1 saturated heterocycles. The lowest BCUT2D eigenvalue weighted by atomic mass is 10.1. The average molecular weight is 328 g/mol. The first-order chi connectivity index (χ1) is 11.4. The van der Waals surface area contributed by atoms with Crippen LogP contribution in [0.4, 0.5) is 5.95 Å². The summed E-state index contributed by atoms with van der Waals surface area (Å²) in [5.41, 5.74) is 3.42. The first kappa shape index (κ1) is 16.4. The van der Waals surface area contributed by atoms with Gasteiger partial charge in [0.15, 0.2) is 0 Å². The Labute approximate surface area is 142 Å². The molecule has 0 radical (unpaired) electrons. The van der Waals surface area contributed by atoms with Gasteiger partial charge in [-0.2, -0.15) is 5.10 Å². The molecule has 0 atom stereocenters. The molecule has 0 saturated carbocycles. The van der Waals surface area contributed by atoms with Crippen molar-refractivity contribution in [2.75, 3.05) is 18.0 Å². The third-order valence-electron chi connectivity index (χ3n) is 4.43. The smallest absolute Gasteiger partial charge is 0.272 e. The number of hydrogen-bond acceptors (Lipinski definition) is 5. The van der Waals surface area contributed by atoms with Gasteiger partial charge < -0.3 is 10.2 Å². The molecule has 1 N–H and O–H groups in total. The molecule has 1 aliphatic rings. The van der Waals surface area contributed by atoms with E-state index in [1.54, 1.807) is 4.68 Å². The first-order valence-corrected chi connectivity index (χ1v) is 8.31. The maximum Gasteiger partial charge on any atom is 0.272 e. The van der Waals surface area contributed by atoms with Gasteiger partial charge in [0.05, 0.1) is 0 Å². The van der Waals surface area contributed by atoms with Gasteiger partial charge in [-0.1, -0.05) is 0 Å². The third-order valence-corrected chi connectivity index (χ3v) is 4.43. The van der Waals surface area contributed by atoms with Crippen LogP contribution in [-0.4, -0.2) is 44.8 Å². The standard InChI is InChI=1S/C17H24N6O/c1-11-9-12(2)19-17(18-11)23-7-5-14(6-8-23)20-16(24)15-10-13(3)22(4)21-15/h9-10,14H,5-8H2,1-4H3,(H,20,24). The normalized spacial score (nSPS) is 15.6. The molecule has 0 aliphatic carbocycles. The van der Waals surface area contributed by atoms with Crippen molar-refractivity contribution < 1.29 is 4.79 Å². The Balaban J connectivity index is 1.58. The highest BCUT2D eigenvalue weighted by Crippen LogP contribution is 2.17. The minimum absolute atomic E-state index is 0.0974. The number of piperidine rings is 1. The van der Waals surface area contributed by atoms with Crippen LogP contribution in [0.3, 0.4) is 0 Å². The molecule has 1 aliphatic heterocycles. The van der Waals surface area contributed by atoms with Crippen LogP contribution in [0.2, 0.25) is 0 Å². The van der Waals surface area contributed by atoms with Crippen molar-refractivity contribution in [3.8, 4) is 0 Å². The van der Waals surface area contributed by atoms with E-state index in [0.717, 1.165) is 49.0 Å². The SMILES string of the molecule is Cc1cc(C)nc(N2CCC(NC(=O)c3cc(C)n(C)n3)CC2)n1. The Bertz CT molecular complexity index is 706. The number of rotatable bonds is 3. The summed E-state index contributed by atoms with van der Waals surface area (Å²) >= 11 is 0. The lowest BCUT2D eigenvalue weighted by Crippen LogP contribution is -2.45. The van der Waals surface area contributed by atoms with E-state index < -0.39 is 0 Å². The quantitative estimate of drug-likeness (QED) is 0.925. The van der Waals surface area contributed by atoms with E-state index in [4.69, 9.17) is 0 Å². The number of nitrogens with zero attached hydrogens (tertiary/aromatic N) is 5. The van der Waals surface area contributed by atoms with Gasteiger partial charge in [0.1, 0.15) is 5.69 Å². The van der Waals surface area contributed by atoms with Crippen LogP contribution in [0.1, 0.15) is 40.4 Å². The number of nitrogens with one attached hydrogen (secondary N) is 1. The van der Waals surface area contributed by atoms with Crippen molar-refractivity contribution >= 4 is 11.9 Å². The monoisotopic (exact) mass is 328 g/mol. The summed E-state index contributed by atoms with van der Waals surface area (Å²) in [5, 5.41) is 7.32. The molecule has 3 heterocycles. The second kappa shape index (κ2) is 6.59. The van der Waals surface area contributed by atoms with Crippen LogP contribution in [0.25, 0.3) is 0 Å². The zero-order valence-electron chi connectivity index (χ0n) is 14.7. The van der Waals surface area contributed by atoms with Gasteiger partial charge >= 0.3 is 0 Å². The Morgan fingerprint density at radius 2 is 1.75 bits per heavy atom. The van der Waals surface area contributed by atoms with Crippen molar-refractivity contribution in [1.29, 1.82) is 0 Å². The molecule has 2 aromatic rings. The van der Waals surface area contributed by atoms with E-state index in [2.05, 4.69) is 25.3 Å². The van der Waals surface area contributed by atoms with E-state index in [1.165, 1.54) is 0 Å². The van der Waals surface area contributed by atoms with Gasteiger partial charge in [-0.25, -0.2) is 9.97 Å². The molecule has 24 heavy (non-hydrogen) atoms. The predicted octanol–water partition coefficient (Wildman–Crippen LogP) is 1.53. The maximum atomic E-state index is 12.3. The average Bonchev–Trinajstić information content (AvgIpc) is 2.87. The highest BCUT2D eigenvalue weighted by molar-refractivity contribution is 5.92. The van der Waals surface area contributed by atoms with Gasteiger partial charge in [0, 0.05) is 43.3 Å². The molecule has 3 rings (SSSR count). The van der Waals surface area contributed by atoms with E-state index in [-0.39, 0.29) is 11.9 Å². The zero-order valence-corrected chi connectivity index (χ0v) is 14.7. The summed E-state index contributed by atoms with van der Waals surface area (Å²) in [6, 6.07) is 3.96. The Kier molecular flexibility index (Phi) is 4.51. The Morgan fingerprint density at radius 1 is 1.12 bits per heavy atom. The van der Waals surface area contributed by atoms with E-state index in [1.807, 2.05) is 40.0 Å². The molecular weight excluding hydrogens is 304 g/mol. The fraction of sp³-hybridized carbons (Fsp3) is 0.529. The van der Waals surface area contributed by atoms with Crippen LogP contribution in [0, 0.1) is 20.8 Å². The number of carbonyl (C=O) groups excluding carboxylic acids is 1. The van der Waals surface area contributed by atoms with Crippen LogP contribution in [-0.2, 0) is 7.05 Å². The van der Waals surface area contributed by atoms with Crippen molar-refractivity contribution in [3.63, 3.8) is 0 Å². The molecular formula is C17H24N6O. The lowest BCUT2D eigenvalue weighted by molar-refractivity contribution is 0.0925. The van der Waals surface area contributed by atoms with Gasteiger partial charge in [0.25, 0.3) is 5.91 Å². The van der Waals surface area contributed by atoms with Crippen molar-refractivity contribution in [2.45, 2.75) is 39.7 Å². The second-order valence-corrected chi connectivity index (χ2v) is 6.48. The summed E-state index contributed by atoms with van der Waals surface area (Å²) < 4.78 is 1.72.